The van der Waals surface area contributed by atoms with Crippen LogP contribution >= 0.6 is 0 Å². The van der Waals surface area contributed by atoms with E-state index in [1.807, 2.05) is 0 Å². The van der Waals surface area contributed by atoms with Crippen LogP contribution in [0, 0.1) is 5.41 Å². The van der Waals surface area contributed by atoms with Gasteiger partial charge in [-0.2, -0.15) is 5.48 Å². The highest BCUT2D eigenvalue weighted by molar-refractivity contribution is 6.07. The normalized spacial score (nSPS) is 13.1. The molecule has 0 unspecified atom stereocenters. The van der Waals surface area contributed by atoms with E-state index in [1.54, 1.807) is 33.2 Å². The van der Waals surface area contributed by atoms with Crippen molar-refractivity contribution in [1.82, 2.24) is 5.48 Å². The highest BCUT2D eigenvalue weighted by atomic mass is 16.6. The molecule has 78 valence electrons. The first kappa shape index (κ1) is 12.4. The van der Waals surface area contributed by atoms with Gasteiger partial charge in [-0.15, -0.1) is 0 Å². The summed E-state index contributed by atoms with van der Waals surface area (Å²) >= 11 is 0. The van der Waals surface area contributed by atoms with Crippen LogP contribution in [-0.2, 0) is 9.57 Å². The molecule has 0 fully saturated rings. The van der Waals surface area contributed by atoms with Crippen molar-refractivity contribution in [2.24, 2.45) is 4.99 Å². The lowest BCUT2D eigenvalue weighted by molar-refractivity contribution is 0.128. The van der Waals surface area contributed by atoms with Gasteiger partial charge in [-0.25, -0.2) is 4.99 Å². The van der Waals surface area contributed by atoms with Crippen LogP contribution in [0.4, 0.5) is 0 Å². The molecule has 0 heterocycles. The fourth-order valence-electron chi connectivity index (χ4n) is 0.739. The number of nitrogens with one attached hydrogen (secondary N) is 2. The Morgan fingerprint density at radius 1 is 1.50 bits per heavy atom. The molecule has 2 N–H and O–H groups in total. The van der Waals surface area contributed by atoms with Gasteiger partial charge in [0.15, 0.2) is 0 Å². The van der Waals surface area contributed by atoms with Gasteiger partial charge in [0.1, 0.15) is 12.1 Å². The second-order valence-electron chi connectivity index (χ2n) is 2.28. The summed E-state index contributed by atoms with van der Waals surface area (Å²) in [6.07, 6.45) is 5.74. The lowest BCUT2D eigenvalue weighted by Crippen LogP contribution is -2.06. The zero-order chi connectivity index (χ0) is 10.8. The smallest absolute Gasteiger partial charge is 0.123 e. The van der Waals surface area contributed by atoms with E-state index >= 15 is 0 Å². The predicted octanol–water partition coefficient (Wildman–Crippen LogP) is 1.25. The minimum atomic E-state index is 0.578. The summed E-state index contributed by atoms with van der Waals surface area (Å²) in [5.74, 6) is 0.647. The number of hydrogen-bond acceptors (Lipinski definition) is 4. The number of rotatable bonds is 6. The standard InChI is InChI=1S/C9H15N3O2/c1-8(14-11-2)6-9(12-7-10)4-5-13-3/h4-7,10-11H,1-3H3/b5-4+,8-6+,10-7?,12-9+. The zero-order valence-corrected chi connectivity index (χ0v) is 8.57. The largest absolute Gasteiger partial charge is 0.504 e. The van der Waals surface area contributed by atoms with E-state index in [2.05, 4.69) is 10.5 Å². The maximum atomic E-state index is 6.84. The first-order chi connectivity index (χ1) is 6.74. The Labute approximate surface area is 83.6 Å². The average Bonchev–Trinajstić information content (AvgIpc) is 2.15. The second-order valence-corrected chi connectivity index (χ2v) is 2.28. The number of methoxy groups -OCH3 is 1. The average molecular weight is 197 g/mol. The van der Waals surface area contributed by atoms with E-state index in [4.69, 9.17) is 15.0 Å². The van der Waals surface area contributed by atoms with Gasteiger partial charge in [0.05, 0.1) is 19.1 Å². The summed E-state index contributed by atoms with van der Waals surface area (Å²) in [7, 11) is 3.20. The Morgan fingerprint density at radius 3 is 2.71 bits per heavy atom. The van der Waals surface area contributed by atoms with Crippen LogP contribution in [0.25, 0.3) is 0 Å². The maximum absolute atomic E-state index is 6.84. The molecular weight excluding hydrogens is 182 g/mol. The third-order valence-corrected chi connectivity index (χ3v) is 1.20. The molecule has 0 bridgehead atoms. The summed E-state index contributed by atoms with van der Waals surface area (Å²) in [6, 6.07) is 0. The van der Waals surface area contributed by atoms with Crippen molar-refractivity contribution in [3.63, 3.8) is 0 Å². The number of allylic oxidation sites excluding steroid dienone is 3. The van der Waals surface area contributed by atoms with Crippen molar-refractivity contribution in [1.29, 1.82) is 5.41 Å². The number of nitrogens with zero attached hydrogens (tertiary/aromatic N) is 1. The fourth-order valence-corrected chi connectivity index (χ4v) is 0.739. The number of ether oxygens (including phenoxy) is 1. The number of hydrogen-bond donors (Lipinski definition) is 2. The SMILES string of the molecule is CNO/C(C)=C/C(/C=C/OC)=N/C=N. The molecule has 0 aliphatic heterocycles. The topological polar surface area (TPSA) is 66.7 Å². The van der Waals surface area contributed by atoms with Gasteiger partial charge >= 0.3 is 0 Å². The summed E-state index contributed by atoms with van der Waals surface area (Å²) in [6.45, 7) is 1.77. The minimum absolute atomic E-state index is 0.578. The van der Waals surface area contributed by atoms with E-state index in [0.29, 0.717) is 11.5 Å². The first-order valence-electron chi connectivity index (χ1n) is 4.02. The summed E-state index contributed by atoms with van der Waals surface area (Å²) in [5, 5.41) is 6.84. The third kappa shape index (κ3) is 5.96. The van der Waals surface area contributed by atoms with Crippen molar-refractivity contribution in [3.8, 4) is 0 Å². The van der Waals surface area contributed by atoms with Gasteiger partial charge in [-0.05, 0) is 13.0 Å². The van der Waals surface area contributed by atoms with Gasteiger partial charge in [0.2, 0.25) is 0 Å². The zero-order valence-electron chi connectivity index (χ0n) is 8.57. The molecule has 0 saturated carbocycles. The first-order valence-corrected chi connectivity index (χ1v) is 4.02. The van der Waals surface area contributed by atoms with E-state index in [0.717, 1.165) is 6.34 Å². The Hall–Kier alpha value is -1.62. The van der Waals surface area contributed by atoms with Crippen LogP contribution in [0.1, 0.15) is 6.92 Å². The lowest BCUT2D eigenvalue weighted by atomic mass is 10.3. The fraction of sp³-hybridized carbons (Fsp3) is 0.333. The Morgan fingerprint density at radius 2 is 2.21 bits per heavy atom. The van der Waals surface area contributed by atoms with Gasteiger partial charge < -0.3 is 9.57 Å². The maximum Gasteiger partial charge on any atom is 0.123 e. The molecule has 0 saturated heterocycles. The molecular formula is C9H15N3O2. The van der Waals surface area contributed by atoms with Gasteiger partial charge in [-0.3, -0.25) is 5.41 Å². The van der Waals surface area contributed by atoms with Crippen LogP contribution < -0.4 is 5.48 Å². The van der Waals surface area contributed by atoms with Gasteiger partial charge in [0.25, 0.3) is 0 Å². The molecule has 0 aromatic heterocycles. The number of aliphatic imine (C=N–C) groups is 1. The minimum Gasteiger partial charge on any atom is -0.504 e. The van der Waals surface area contributed by atoms with E-state index in [9.17, 15) is 0 Å². The van der Waals surface area contributed by atoms with E-state index < -0.39 is 0 Å². The molecule has 5 nitrogen and oxygen atoms in total. The van der Waals surface area contributed by atoms with Crippen LogP contribution in [-0.4, -0.2) is 26.2 Å². The van der Waals surface area contributed by atoms with Crippen molar-refractivity contribution in [2.45, 2.75) is 6.92 Å². The molecule has 0 spiro atoms. The van der Waals surface area contributed by atoms with E-state index in [-0.39, 0.29) is 0 Å². The summed E-state index contributed by atoms with van der Waals surface area (Å²) in [4.78, 5) is 8.77. The van der Waals surface area contributed by atoms with Crippen molar-refractivity contribution >= 4 is 12.1 Å². The monoisotopic (exact) mass is 197 g/mol. The molecule has 0 radical (unpaired) electrons. The predicted molar refractivity (Wildman–Crippen MR) is 56.3 cm³/mol. The molecule has 5 heteroatoms. The van der Waals surface area contributed by atoms with Crippen LogP contribution in [0.3, 0.4) is 0 Å². The Kier molecular flexibility index (Phi) is 7.07. The molecule has 0 rings (SSSR count). The molecule has 14 heavy (non-hydrogen) atoms. The van der Waals surface area contributed by atoms with Gasteiger partial charge in [0, 0.05) is 13.1 Å². The number of hydroxylamine groups is 1. The molecule has 0 aliphatic carbocycles. The van der Waals surface area contributed by atoms with Gasteiger partial charge in [-0.1, -0.05) is 0 Å². The molecule has 0 aromatic rings. The second kappa shape index (κ2) is 8.00. The Bertz CT molecular complexity index is 257. The summed E-state index contributed by atoms with van der Waals surface area (Å²) in [5.41, 5.74) is 3.11. The third-order valence-electron chi connectivity index (χ3n) is 1.20. The lowest BCUT2D eigenvalue weighted by Gasteiger charge is -2.01. The molecule has 0 amide bonds. The quantitative estimate of drug-likeness (QED) is 0.291. The molecule has 0 aliphatic rings. The van der Waals surface area contributed by atoms with Crippen molar-refractivity contribution in [2.75, 3.05) is 14.2 Å². The van der Waals surface area contributed by atoms with Crippen molar-refractivity contribution in [3.05, 3.63) is 24.2 Å². The van der Waals surface area contributed by atoms with Crippen LogP contribution in [0.5, 0.6) is 0 Å². The Balaban J connectivity index is 4.51. The van der Waals surface area contributed by atoms with Crippen LogP contribution in [0.15, 0.2) is 29.2 Å². The highest BCUT2D eigenvalue weighted by Gasteiger charge is 1.92. The highest BCUT2D eigenvalue weighted by Crippen LogP contribution is 1.95. The van der Waals surface area contributed by atoms with E-state index in [1.165, 1.54) is 6.26 Å². The van der Waals surface area contributed by atoms with Crippen molar-refractivity contribution < 1.29 is 9.57 Å². The molecule has 0 aromatic carbocycles. The molecule has 0 atom stereocenters. The summed E-state index contributed by atoms with van der Waals surface area (Å²) < 4.78 is 4.74. The van der Waals surface area contributed by atoms with Crippen LogP contribution in [0.2, 0.25) is 0 Å².